The van der Waals surface area contributed by atoms with Gasteiger partial charge in [-0.1, -0.05) is 72.8 Å². The van der Waals surface area contributed by atoms with E-state index in [0.29, 0.717) is 18.9 Å². The Morgan fingerprint density at radius 1 is 0.784 bits per heavy atom. The van der Waals surface area contributed by atoms with Crippen LogP contribution in [0.2, 0.25) is 0 Å². The van der Waals surface area contributed by atoms with Crippen LogP contribution in [-0.4, -0.2) is 24.3 Å². The SMILES string of the molecule is CC(C)(C)OC(=O)CCOC1CCC(c2ccc(N(Cc3ccccc3)Cc3ccccc3)cc2)CC1. The van der Waals surface area contributed by atoms with Crippen molar-refractivity contribution in [3.05, 3.63) is 102 Å². The highest BCUT2D eigenvalue weighted by atomic mass is 16.6. The summed E-state index contributed by atoms with van der Waals surface area (Å²) in [4.78, 5) is 14.4. The van der Waals surface area contributed by atoms with Crippen LogP contribution in [0.5, 0.6) is 0 Å². The molecule has 37 heavy (non-hydrogen) atoms. The Kier molecular flexibility index (Phi) is 9.40. The molecule has 0 radical (unpaired) electrons. The standard InChI is InChI=1S/C33H41NO3/c1-33(2,3)37-32(35)22-23-36-31-20-16-29(17-21-31)28-14-18-30(19-15-28)34(24-26-10-6-4-7-11-26)25-27-12-8-5-9-13-27/h4-15,18-19,29,31H,16-17,20-25H2,1-3H3. The first kappa shape index (κ1) is 26.9. The largest absolute Gasteiger partial charge is 0.460 e. The van der Waals surface area contributed by atoms with E-state index in [0.717, 1.165) is 38.8 Å². The summed E-state index contributed by atoms with van der Waals surface area (Å²) >= 11 is 0. The normalized spacial score (nSPS) is 17.8. The summed E-state index contributed by atoms with van der Waals surface area (Å²) in [6.45, 7) is 7.87. The van der Waals surface area contributed by atoms with E-state index in [-0.39, 0.29) is 12.1 Å². The average Bonchev–Trinajstić information content (AvgIpc) is 2.89. The lowest BCUT2D eigenvalue weighted by atomic mass is 9.82. The molecule has 1 aliphatic carbocycles. The summed E-state index contributed by atoms with van der Waals surface area (Å²) < 4.78 is 11.4. The minimum absolute atomic E-state index is 0.185. The summed E-state index contributed by atoms with van der Waals surface area (Å²) in [6, 6.07) is 30.5. The second-order valence-corrected chi connectivity index (χ2v) is 11.1. The maximum Gasteiger partial charge on any atom is 0.308 e. The van der Waals surface area contributed by atoms with E-state index in [2.05, 4.69) is 89.8 Å². The smallest absolute Gasteiger partial charge is 0.308 e. The van der Waals surface area contributed by atoms with E-state index >= 15 is 0 Å². The molecule has 0 bridgehead atoms. The fourth-order valence-corrected chi connectivity index (χ4v) is 5.07. The third kappa shape index (κ3) is 8.75. The summed E-state index contributed by atoms with van der Waals surface area (Å²) in [5, 5.41) is 0. The third-order valence-corrected chi connectivity index (χ3v) is 6.92. The van der Waals surface area contributed by atoms with Crippen molar-refractivity contribution >= 4 is 11.7 Å². The van der Waals surface area contributed by atoms with Gasteiger partial charge in [-0.05, 0) is 81.2 Å². The second-order valence-electron chi connectivity index (χ2n) is 11.1. The molecule has 196 valence electrons. The molecule has 0 aromatic heterocycles. The van der Waals surface area contributed by atoms with Crippen LogP contribution >= 0.6 is 0 Å². The Labute approximate surface area is 222 Å². The zero-order valence-corrected chi connectivity index (χ0v) is 22.6. The van der Waals surface area contributed by atoms with Gasteiger partial charge in [-0.15, -0.1) is 0 Å². The number of nitrogens with zero attached hydrogens (tertiary/aromatic N) is 1. The van der Waals surface area contributed by atoms with Crippen LogP contribution in [0.4, 0.5) is 5.69 Å². The van der Waals surface area contributed by atoms with Gasteiger partial charge in [0, 0.05) is 18.8 Å². The van der Waals surface area contributed by atoms with E-state index in [4.69, 9.17) is 9.47 Å². The van der Waals surface area contributed by atoms with Crippen molar-refractivity contribution in [3.63, 3.8) is 0 Å². The van der Waals surface area contributed by atoms with Gasteiger partial charge in [-0.25, -0.2) is 0 Å². The Bertz CT molecular complexity index is 1040. The van der Waals surface area contributed by atoms with Gasteiger partial charge in [0.1, 0.15) is 5.60 Å². The lowest BCUT2D eigenvalue weighted by Crippen LogP contribution is -2.26. The van der Waals surface area contributed by atoms with Crippen molar-refractivity contribution in [2.45, 2.75) is 83.6 Å². The van der Waals surface area contributed by atoms with E-state index < -0.39 is 5.60 Å². The van der Waals surface area contributed by atoms with Crippen molar-refractivity contribution in [3.8, 4) is 0 Å². The van der Waals surface area contributed by atoms with Gasteiger partial charge in [0.25, 0.3) is 0 Å². The Balaban J connectivity index is 1.31. The number of hydrogen-bond acceptors (Lipinski definition) is 4. The highest BCUT2D eigenvalue weighted by Crippen LogP contribution is 2.35. The van der Waals surface area contributed by atoms with E-state index in [1.165, 1.54) is 22.4 Å². The third-order valence-electron chi connectivity index (χ3n) is 6.92. The number of hydrogen-bond donors (Lipinski definition) is 0. The van der Waals surface area contributed by atoms with Gasteiger partial charge in [0.2, 0.25) is 0 Å². The highest BCUT2D eigenvalue weighted by molar-refractivity contribution is 5.69. The zero-order valence-electron chi connectivity index (χ0n) is 22.6. The molecule has 4 rings (SSSR count). The molecule has 0 aliphatic heterocycles. The van der Waals surface area contributed by atoms with Gasteiger partial charge < -0.3 is 14.4 Å². The number of benzene rings is 3. The van der Waals surface area contributed by atoms with E-state index in [1.807, 2.05) is 20.8 Å². The van der Waals surface area contributed by atoms with Crippen molar-refractivity contribution in [2.24, 2.45) is 0 Å². The number of carbonyl (C=O) groups excluding carboxylic acids is 1. The minimum Gasteiger partial charge on any atom is -0.460 e. The van der Waals surface area contributed by atoms with Crippen LogP contribution in [-0.2, 0) is 27.4 Å². The monoisotopic (exact) mass is 499 g/mol. The van der Waals surface area contributed by atoms with Gasteiger partial charge in [0.15, 0.2) is 0 Å². The van der Waals surface area contributed by atoms with Crippen LogP contribution in [0.15, 0.2) is 84.9 Å². The fraction of sp³-hybridized carbons (Fsp3) is 0.424. The fourth-order valence-electron chi connectivity index (χ4n) is 5.07. The van der Waals surface area contributed by atoms with Gasteiger partial charge >= 0.3 is 5.97 Å². The average molecular weight is 500 g/mol. The van der Waals surface area contributed by atoms with Crippen LogP contribution in [0.1, 0.15) is 75.5 Å². The number of carbonyl (C=O) groups is 1. The topological polar surface area (TPSA) is 38.8 Å². The zero-order chi connectivity index (χ0) is 26.1. The molecule has 4 nitrogen and oxygen atoms in total. The highest BCUT2D eigenvalue weighted by Gasteiger charge is 2.24. The molecule has 3 aromatic rings. The molecule has 0 unspecified atom stereocenters. The summed E-state index contributed by atoms with van der Waals surface area (Å²) in [7, 11) is 0. The maximum absolute atomic E-state index is 11.9. The number of anilines is 1. The van der Waals surface area contributed by atoms with Crippen molar-refractivity contribution in [2.75, 3.05) is 11.5 Å². The van der Waals surface area contributed by atoms with E-state index in [1.54, 1.807) is 0 Å². The minimum atomic E-state index is -0.440. The number of esters is 1. The first-order chi connectivity index (χ1) is 17.9. The van der Waals surface area contributed by atoms with Crippen LogP contribution in [0.25, 0.3) is 0 Å². The lowest BCUT2D eigenvalue weighted by Gasteiger charge is -2.30. The first-order valence-electron chi connectivity index (χ1n) is 13.6. The molecule has 0 amide bonds. The van der Waals surface area contributed by atoms with Gasteiger partial charge in [-0.2, -0.15) is 0 Å². The predicted octanol–water partition coefficient (Wildman–Crippen LogP) is 7.67. The molecule has 1 aliphatic rings. The molecule has 3 aromatic carbocycles. The molecule has 0 N–H and O–H groups in total. The Hall–Kier alpha value is -3.11. The first-order valence-corrected chi connectivity index (χ1v) is 13.6. The Morgan fingerprint density at radius 3 is 1.84 bits per heavy atom. The molecule has 0 heterocycles. The second kappa shape index (κ2) is 12.9. The Morgan fingerprint density at radius 2 is 1.32 bits per heavy atom. The number of ether oxygens (including phenoxy) is 2. The quantitative estimate of drug-likeness (QED) is 0.268. The van der Waals surface area contributed by atoms with Gasteiger partial charge in [0.05, 0.1) is 19.1 Å². The molecule has 1 fully saturated rings. The summed E-state index contributed by atoms with van der Waals surface area (Å²) in [6.07, 6.45) is 4.87. The van der Waals surface area contributed by atoms with Crippen LogP contribution in [0.3, 0.4) is 0 Å². The van der Waals surface area contributed by atoms with Crippen LogP contribution < -0.4 is 4.90 Å². The summed E-state index contributed by atoms with van der Waals surface area (Å²) in [5.74, 6) is 0.381. The predicted molar refractivity (Wildman–Crippen MR) is 151 cm³/mol. The lowest BCUT2D eigenvalue weighted by molar-refractivity contribution is -0.156. The van der Waals surface area contributed by atoms with Gasteiger partial charge in [-0.3, -0.25) is 4.79 Å². The molecule has 4 heteroatoms. The molecular weight excluding hydrogens is 458 g/mol. The van der Waals surface area contributed by atoms with Crippen molar-refractivity contribution in [1.29, 1.82) is 0 Å². The molecule has 1 saturated carbocycles. The molecule has 0 saturated heterocycles. The summed E-state index contributed by atoms with van der Waals surface area (Å²) in [5.41, 5.74) is 4.84. The van der Waals surface area contributed by atoms with Crippen LogP contribution in [0, 0.1) is 0 Å². The van der Waals surface area contributed by atoms with E-state index in [9.17, 15) is 4.79 Å². The molecule has 0 spiro atoms. The molecular formula is C33H41NO3. The molecule has 0 atom stereocenters. The number of rotatable bonds is 10. The maximum atomic E-state index is 11.9. The van der Waals surface area contributed by atoms with Crippen molar-refractivity contribution < 1.29 is 14.3 Å². The van der Waals surface area contributed by atoms with Crippen molar-refractivity contribution in [1.82, 2.24) is 0 Å².